The second kappa shape index (κ2) is 17.5. The molecule has 1 aliphatic carbocycles. The summed E-state index contributed by atoms with van der Waals surface area (Å²) in [5.74, 6) is -1.84. The number of fused-ring (bicyclic) bond motifs is 1. The number of benzene rings is 1. The molecule has 1 aromatic carbocycles. The maximum Gasteiger partial charge on any atom is 0.409 e. The van der Waals surface area contributed by atoms with E-state index in [1.165, 1.54) is 11.0 Å². The second-order valence-electron chi connectivity index (χ2n) is 15.3. The Labute approximate surface area is 316 Å². The van der Waals surface area contributed by atoms with Crippen LogP contribution in [0.3, 0.4) is 0 Å². The van der Waals surface area contributed by atoms with Crippen molar-refractivity contribution in [2.24, 2.45) is 0 Å². The van der Waals surface area contributed by atoms with Crippen LogP contribution in [0, 0.1) is 6.92 Å². The van der Waals surface area contributed by atoms with Crippen LogP contribution in [0.2, 0.25) is 0 Å². The highest BCUT2D eigenvalue weighted by Crippen LogP contribution is 2.29. The van der Waals surface area contributed by atoms with Gasteiger partial charge in [-0.25, -0.2) is 9.78 Å². The zero-order valence-corrected chi connectivity index (χ0v) is 32.3. The maximum absolute atomic E-state index is 14.0. The average molecular weight is 751 g/mol. The van der Waals surface area contributed by atoms with Gasteiger partial charge in [0.1, 0.15) is 29.1 Å². The highest BCUT2D eigenvalue weighted by atomic mass is 16.6. The molecule has 2 N–H and O–H groups in total. The van der Waals surface area contributed by atoms with Gasteiger partial charge >= 0.3 is 12.1 Å². The first-order chi connectivity index (χ1) is 25.6. The molecule has 2 saturated heterocycles. The lowest BCUT2D eigenvalue weighted by atomic mass is 9.93. The summed E-state index contributed by atoms with van der Waals surface area (Å²) in [5.41, 5.74) is 0.544. The molecule has 5 rings (SSSR count). The molecule has 3 fully saturated rings. The Hall–Kier alpha value is -4.95. The van der Waals surface area contributed by atoms with E-state index in [0.717, 1.165) is 24.8 Å². The van der Waals surface area contributed by atoms with E-state index >= 15 is 0 Å². The van der Waals surface area contributed by atoms with E-state index in [2.05, 4.69) is 15.6 Å². The van der Waals surface area contributed by atoms with Gasteiger partial charge in [0.15, 0.2) is 6.10 Å². The van der Waals surface area contributed by atoms with Crippen molar-refractivity contribution < 1.29 is 43.0 Å². The molecule has 3 heterocycles. The third kappa shape index (κ3) is 10.2. The molecule has 1 aromatic heterocycles. The molecule has 1 saturated carbocycles. The van der Waals surface area contributed by atoms with E-state index < -0.39 is 47.7 Å². The largest absolute Gasteiger partial charge is 0.480 e. The van der Waals surface area contributed by atoms with Crippen LogP contribution in [0.25, 0.3) is 10.9 Å². The molecular weight excluding hydrogens is 696 g/mol. The summed E-state index contributed by atoms with van der Waals surface area (Å²) in [4.78, 5) is 88.8. The smallest absolute Gasteiger partial charge is 0.409 e. The number of hydrogen-bond acceptors (Lipinski definition) is 10. The van der Waals surface area contributed by atoms with Crippen LogP contribution >= 0.6 is 0 Å². The molecule has 15 nitrogen and oxygen atoms in total. The van der Waals surface area contributed by atoms with Crippen LogP contribution in [0.4, 0.5) is 4.79 Å². The Morgan fingerprint density at radius 2 is 1.63 bits per heavy atom. The number of ether oxygens (including phenoxy) is 3. The van der Waals surface area contributed by atoms with Crippen LogP contribution in [-0.2, 0) is 28.7 Å². The van der Waals surface area contributed by atoms with Crippen LogP contribution in [0.5, 0.6) is 5.75 Å². The number of likely N-dealkylation sites (tertiary alicyclic amines) is 1. The quantitative estimate of drug-likeness (QED) is 0.306. The molecule has 5 amide bonds. The molecule has 54 heavy (non-hydrogen) atoms. The van der Waals surface area contributed by atoms with E-state index in [1.807, 2.05) is 13.0 Å². The van der Waals surface area contributed by atoms with Crippen LogP contribution in [-0.4, -0.2) is 125 Å². The lowest BCUT2D eigenvalue weighted by molar-refractivity contribution is -0.155. The van der Waals surface area contributed by atoms with Crippen LogP contribution in [0.15, 0.2) is 24.3 Å². The predicted octanol–water partition coefficient (Wildman–Crippen LogP) is 3.49. The van der Waals surface area contributed by atoms with E-state index in [4.69, 9.17) is 14.2 Å². The number of piperazine rings is 1. The fourth-order valence-electron chi connectivity index (χ4n) is 6.84. The topological polar surface area (TPSA) is 177 Å². The Balaban J connectivity index is 1.34. The molecule has 15 heteroatoms. The Bertz CT molecular complexity index is 1730. The number of hydrogen-bond donors (Lipinski definition) is 2. The van der Waals surface area contributed by atoms with Crippen LogP contribution in [0.1, 0.15) is 95.6 Å². The number of amides is 5. The van der Waals surface area contributed by atoms with E-state index in [-0.39, 0.29) is 74.9 Å². The minimum Gasteiger partial charge on any atom is -0.480 e. The summed E-state index contributed by atoms with van der Waals surface area (Å²) in [7, 11) is 0. The molecule has 0 bridgehead atoms. The minimum absolute atomic E-state index is 0.0372. The number of aromatic nitrogens is 1. The number of aryl methyl sites for hydroxylation is 1. The van der Waals surface area contributed by atoms with Gasteiger partial charge in [0.25, 0.3) is 11.8 Å². The van der Waals surface area contributed by atoms with Crippen molar-refractivity contribution in [2.45, 2.75) is 116 Å². The van der Waals surface area contributed by atoms with Crippen molar-refractivity contribution >= 4 is 46.6 Å². The summed E-state index contributed by atoms with van der Waals surface area (Å²) < 4.78 is 16.8. The first-order valence-corrected chi connectivity index (χ1v) is 19.1. The van der Waals surface area contributed by atoms with Crippen molar-refractivity contribution in [3.05, 3.63) is 35.5 Å². The molecule has 3 aliphatic rings. The van der Waals surface area contributed by atoms with E-state index in [0.29, 0.717) is 30.3 Å². The van der Waals surface area contributed by atoms with Gasteiger partial charge in [-0.1, -0.05) is 6.07 Å². The van der Waals surface area contributed by atoms with Gasteiger partial charge < -0.3 is 39.5 Å². The summed E-state index contributed by atoms with van der Waals surface area (Å²) in [6.45, 7) is 12.1. The zero-order chi connectivity index (χ0) is 39.2. The third-order valence-electron chi connectivity index (χ3n) is 9.88. The lowest BCUT2D eigenvalue weighted by Crippen LogP contribution is -2.56. The number of nitrogens with one attached hydrogen (secondary N) is 2. The second-order valence-corrected chi connectivity index (χ2v) is 15.3. The average Bonchev–Trinajstić information content (AvgIpc) is 3.60. The minimum atomic E-state index is -1.11. The monoisotopic (exact) mass is 750 g/mol. The number of esters is 1. The Morgan fingerprint density at radius 1 is 0.926 bits per heavy atom. The molecule has 2 aromatic rings. The van der Waals surface area contributed by atoms with Crippen molar-refractivity contribution in [1.82, 2.24) is 30.3 Å². The first kappa shape index (κ1) is 40.2. The highest BCUT2D eigenvalue weighted by molar-refractivity contribution is 6.00. The lowest BCUT2D eigenvalue weighted by Gasteiger charge is -2.36. The number of carbonyl (C=O) groups excluding carboxylic acids is 6. The SMILES string of the molecule is CCOC(=O)N1CCN(C(=O)C(CCC(=O)OC(C)(C)C)NC(=O)c2cc(O[C@H](C)C(=O)N3CCCC3C(=O)NC3CCC3)c3ccc(C)cc3n2)CC1. The first-order valence-electron chi connectivity index (χ1n) is 19.1. The van der Waals surface area contributed by atoms with Gasteiger partial charge in [0, 0.05) is 56.6 Å². The third-order valence-corrected chi connectivity index (χ3v) is 9.88. The van der Waals surface area contributed by atoms with Gasteiger partial charge in [-0.05, 0) is 97.8 Å². The van der Waals surface area contributed by atoms with E-state index in [9.17, 15) is 28.8 Å². The van der Waals surface area contributed by atoms with E-state index in [1.54, 1.807) is 56.6 Å². The van der Waals surface area contributed by atoms with Crippen molar-refractivity contribution in [3.63, 3.8) is 0 Å². The highest BCUT2D eigenvalue weighted by Gasteiger charge is 2.38. The number of rotatable bonds is 12. The summed E-state index contributed by atoms with van der Waals surface area (Å²) in [5, 5.41) is 6.43. The standard InChI is InChI=1S/C39H54N6O9/c1-7-52-38(51)44-20-18-43(19-21-44)37(50)28(15-16-33(46)54-39(4,5)6)42-34(47)30-23-32(27-14-13-24(2)22-29(27)41-30)53-25(3)36(49)45-17-9-12-31(45)35(48)40-26-10-8-11-26/h13-14,22-23,25-26,28,31H,7-12,15-21H2,1-6H3,(H,40,48)(H,42,47)/t25-,28?,31?/m1/s1. The molecule has 0 radical (unpaired) electrons. The molecule has 3 atom stereocenters. The fourth-order valence-corrected chi connectivity index (χ4v) is 6.84. The predicted molar refractivity (Wildman–Crippen MR) is 199 cm³/mol. The van der Waals surface area contributed by atoms with Gasteiger partial charge in [0.05, 0.1) is 12.1 Å². The molecular formula is C39H54N6O9. The normalized spacial score (nSPS) is 18.7. The van der Waals surface area contributed by atoms with Gasteiger partial charge in [-0.15, -0.1) is 0 Å². The molecule has 2 aliphatic heterocycles. The molecule has 0 spiro atoms. The summed E-state index contributed by atoms with van der Waals surface area (Å²) in [6, 6.07) is 5.39. The van der Waals surface area contributed by atoms with Gasteiger partial charge in [0.2, 0.25) is 11.8 Å². The number of pyridine rings is 1. The van der Waals surface area contributed by atoms with Crippen molar-refractivity contribution in [1.29, 1.82) is 0 Å². The Morgan fingerprint density at radius 3 is 2.28 bits per heavy atom. The van der Waals surface area contributed by atoms with Crippen LogP contribution < -0.4 is 15.4 Å². The molecule has 2 unspecified atom stereocenters. The zero-order valence-electron chi connectivity index (χ0n) is 32.3. The fraction of sp³-hybridized carbons (Fsp3) is 0.615. The van der Waals surface area contributed by atoms with Gasteiger partial charge in [-0.3, -0.25) is 24.0 Å². The molecule has 294 valence electrons. The summed E-state index contributed by atoms with van der Waals surface area (Å²) in [6.07, 6.45) is 2.65. The number of carbonyl (C=O) groups is 6. The maximum atomic E-state index is 14.0. The Kier molecular flexibility index (Phi) is 13.0. The van der Waals surface area contributed by atoms with Crippen molar-refractivity contribution in [2.75, 3.05) is 39.3 Å². The van der Waals surface area contributed by atoms with Gasteiger partial charge in [-0.2, -0.15) is 0 Å². The van der Waals surface area contributed by atoms with Crippen molar-refractivity contribution in [3.8, 4) is 5.75 Å². The number of nitrogens with zero attached hydrogens (tertiary/aromatic N) is 4. The summed E-state index contributed by atoms with van der Waals surface area (Å²) >= 11 is 0.